The Hall–Kier alpha value is -6.24. The first kappa shape index (κ1) is 29.7. The number of fused-ring (bicyclic) bond motifs is 6. The second kappa shape index (κ2) is 11.4. The van der Waals surface area contributed by atoms with E-state index in [9.17, 15) is 0 Å². The molecule has 9 aromatic rings. The molecule has 51 heavy (non-hydrogen) atoms. The van der Waals surface area contributed by atoms with Crippen molar-refractivity contribution in [3.05, 3.63) is 193 Å². The molecule has 1 aliphatic carbocycles. The zero-order valence-electron chi connectivity index (χ0n) is 28.8. The summed E-state index contributed by atoms with van der Waals surface area (Å²) >= 11 is 0. The molecule has 0 heteroatoms. The first-order valence-corrected chi connectivity index (χ1v) is 17.9. The Balaban J connectivity index is 1.28. The zero-order chi connectivity index (χ0) is 34.1. The molecular weight excluding hydrogens is 613 g/mol. The van der Waals surface area contributed by atoms with Gasteiger partial charge in [0.05, 0.1) is 0 Å². The monoisotopic (exact) mass is 648 g/mol. The molecule has 10 rings (SSSR count). The van der Waals surface area contributed by atoms with Crippen molar-refractivity contribution < 1.29 is 0 Å². The fourth-order valence-corrected chi connectivity index (χ4v) is 8.76. The van der Waals surface area contributed by atoms with Gasteiger partial charge < -0.3 is 0 Å². The maximum Gasteiger partial charge on any atom is 0.0159 e. The van der Waals surface area contributed by atoms with E-state index in [-0.39, 0.29) is 5.41 Å². The van der Waals surface area contributed by atoms with E-state index in [2.05, 4.69) is 196 Å². The highest BCUT2D eigenvalue weighted by Gasteiger charge is 2.37. The average Bonchev–Trinajstić information content (AvgIpc) is 3.43. The minimum absolute atomic E-state index is 0.0752. The Kier molecular flexibility index (Phi) is 6.63. The van der Waals surface area contributed by atoms with Crippen molar-refractivity contribution in [2.45, 2.75) is 19.3 Å². The molecule has 240 valence electrons. The molecule has 0 heterocycles. The summed E-state index contributed by atoms with van der Waals surface area (Å²) in [7, 11) is 0. The van der Waals surface area contributed by atoms with E-state index < -0.39 is 0 Å². The number of hydrogen-bond acceptors (Lipinski definition) is 0. The molecule has 0 aliphatic heterocycles. The molecule has 0 bridgehead atoms. The van der Waals surface area contributed by atoms with Gasteiger partial charge in [-0.1, -0.05) is 178 Å². The van der Waals surface area contributed by atoms with Gasteiger partial charge in [-0.2, -0.15) is 0 Å². The fourth-order valence-electron chi connectivity index (χ4n) is 8.76. The molecule has 9 aromatic carbocycles. The molecular formula is C51H36. The first-order valence-electron chi connectivity index (χ1n) is 17.9. The summed E-state index contributed by atoms with van der Waals surface area (Å²) in [6.45, 7) is 4.74. The van der Waals surface area contributed by atoms with Gasteiger partial charge in [0.2, 0.25) is 0 Å². The third-order valence-electron chi connectivity index (χ3n) is 11.2. The van der Waals surface area contributed by atoms with E-state index in [1.54, 1.807) is 0 Å². The minimum atomic E-state index is -0.0752. The third kappa shape index (κ3) is 4.60. The molecule has 0 aromatic heterocycles. The lowest BCUT2D eigenvalue weighted by Crippen LogP contribution is -2.14. The maximum absolute atomic E-state index is 2.44. The fraction of sp³-hybridized carbons (Fsp3) is 0.0588. The summed E-state index contributed by atoms with van der Waals surface area (Å²) in [6, 6.07) is 67.4. The van der Waals surface area contributed by atoms with E-state index in [0.717, 1.165) is 0 Å². The quantitative estimate of drug-likeness (QED) is 0.167. The lowest BCUT2D eigenvalue weighted by Gasteiger charge is -2.23. The maximum atomic E-state index is 2.44. The van der Waals surface area contributed by atoms with Crippen LogP contribution in [0.4, 0.5) is 0 Å². The standard InChI is InChI=1S/C51H36/c1-51(2)46-22-12-11-20-43(46)50-44(21-13-23-47(50)51)49-41-19-10-9-18-40(41)48(42-29-28-38(32-45(42)49)34-16-7-4-8-17-34)39-27-26-36-30-35(24-25-37(36)31-39)33-14-5-3-6-15-33/h3-32H,1-2H3. The van der Waals surface area contributed by atoms with Crippen LogP contribution in [0.25, 0.3) is 88.0 Å². The van der Waals surface area contributed by atoms with Gasteiger partial charge in [-0.05, 0) is 117 Å². The Morgan fingerprint density at radius 3 is 1.53 bits per heavy atom. The van der Waals surface area contributed by atoms with Crippen LogP contribution in [-0.2, 0) is 5.41 Å². The first-order chi connectivity index (χ1) is 25.1. The van der Waals surface area contributed by atoms with Gasteiger partial charge in [0.1, 0.15) is 0 Å². The Morgan fingerprint density at radius 1 is 0.294 bits per heavy atom. The molecule has 0 spiro atoms. The largest absolute Gasteiger partial charge is 0.0622 e. The van der Waals surface area contributed by atoms with Crippen LogP contribution in [0.15, 0.2) is 182 Å². The van der Waals surface area contributed by atoms with Gasteiger partial charge >= 0.3 is 0 Å². The molecule has 1 aliphatic rings. The van der Waals surface area contributed by atoms with Crippen molar-refractivity contribution in [3.63, 3.8) is 0 Å². The second-order valence-corrected chi connectivity index (χ2v) is 14.5. The van der Waals surface area contributed by atoms with E-state index in [1.165, 1.54) is 99.1 Å². The lowest BCUT2D eigenvalue weighted by molar-refractivity contribution is 0.660. The highest BCUT2D eigenvalue weighted by Crippen LogP contribution is 2.54. The molecule has 0 radical (unpaired) electrons. The molecule has 0 atom stereocenters. The van der Waals surface area contributed by atoms with Crippen LogP contribution in [0, 0.1) is 0 Å². The molecule has 0 unspecified atom stereocenters. The zero-order valence-corrected chi connectivity index (χ0v) is 28.8. The van der Waals surface area contributed by atoms with Crippen LogP contribution in [0.1, 0.15) is 25.0 Å². The van der Waals surface area contributed by atoms with Crippen LogP contribution in [0.2, 0.25) is 0 Å². The van der Waals surface area contributed by atoms with Gasteiger partial charge in [0, 0.05) is 5.41 Å². The van der Waals surface area contributed by atoms with Crippen molar-refractivity contribution in [3.8, 4) is 55.6 Å². The number of benzene rings is 9. The highest BCUT2D eigenvalue weighted by atomic mass is 14.4. The predicted molar refractivity (Wildman–Crippen MR) is 218 cm³/mol. The van der Waals surface area contributed by atoms with Crippen LogP contribution < -0.4 is 0 Å². The van der Waals surface area contributed by atoms with E-state index in [1.807, 2.05) is 0 Å². The summed E-state index contributed by atoms with van der Waals surface area (Å²) < 4.78 is 0. The summed E-state index contributed by atoms with van der Waals surface area (Å²) in [5.74, 6) is 0. The van der Waals surface area contributed by atoms with E-state index in [4.69, 9.17) is 0 Å². The molecule has 0 nitrogen and oxygen atoms in total. The van der Waals surface area contributed by atoms with Crippen LogP contribution in [0.3, 0.4) is 0 Å². The van der Waals surface area contributed by atoms with E-state index >= 15 is 0 Å². The van der Waals surface area contributed by atoms with Crippen LogP contribution in [-0.4, -0.2) is 0 Å². The van der Waals surface area contributed by atoms with Gasteiger partial charge in [0.15, 0.2) is 0 Å². The average molecular weight is 649 g/mol. The number of rotatable bonds is 4. The van der Waals surface area contributed by atoms with Crippen molar-refractivity contribution in [1.82, 2.24) is 0 Å². The number of hydrogen-bond donors (Lipinski definition) is 0. The Morgan fingerprint density at radius 2 is 0.804 bits per heavy atom. The van der Waals surface area contributed by atoms with Gasteiger partial charge in [-0.3, -0.25) is 0 Å². The summed E-state index contributed by atoms with van der Waals surface area (Å²) in [5, 5.41) is 7.59. The molecule has 0 N–H and O–H groups in total. The smallest absolute Gasteiger partial charge is 0.0159 e. The van der Waals surface area contributed by atoms with Crippen molar-refractivity contribution in [2.24, 2.45) is 0 Å². The summed E-state index contributed by atoms with van der Waals surface area (Å²) in [6.07, 6.45) is 0. The topological polar surface area (TPSA) is 0 Å². The van der Waals surface area contributed by atoms with Crippen molar-refractivity contribution in [1.29, 1.82) is 0 Å². The van der Waals surface area contributed by atoms with Gasteiger partial charge in [0.25, 0.3) is 0 Å². The molecule has 0 fully saturated rings. The molecule has 0 saturated carbocycles. The van der Waals surface area contributed by atoms with Crippen LogP contribution >= 0.6 is 0 Å². The van der Waals surface area contributed by atoms with Gasteiger partial charge in [-0.15, -0.1) is 0 Å². The normalized spacial score (nSPS) is 13.1. The molecule has 0 amide bonds. The lowest BCUT2D eigenvalue weighted by atomic mass is 9.80. The Bertz CT molecular complexity index is 2800. The summed E-state index contributed by atoms with van der Waals surface area (Å²) in [5.41, 5.74) is 15.5. The van der Waals surface area contributed by atoms with E-state index in [0.29, 0.717) is 0 Å². The third-order valence-corrected chi connectivity index (χ3v) is 11.2. The highest BCUT2D eigenvalue weighted by molar-refractivity contribution is 6.23. The summed E-state index contributed by atoms with van der Waals surface area (Å²) in [4.78, 5) is 0. The second-order valence-electron chi connectivity index (χ2n) is 14.5. The minimum Gasteiger partial charge on any atom is -0.0622 e. The van der Waals surface area contributed by atoms with Crippen molar-refractivity contribution in [2.75, 3.05) is 0 Å². The SMILES string of the molecule is CC1(C)c2ccccc2-c2c(-c3c4ccccc4c(-c4ccc5cc(-c6ccccc6)ccc5c4)c4ccc(-c5ccccc5)cc34)cccc21. The Labute approximate surface area is 299 Å². The molecule has 0 saturated heterocycles. The van der Waals surface area contributed by atoms with Crippen molar-refractivity contribution >= 4 is 32.3 Å². The predicted octanol–water partition coefficient (Wildman–Crippen LogP) is 14.1. The van der Waals surface area contributed by atoms with Gasteiger partial charge in [-0.25, -0.2) is 0 Å². The van der Waals surface area contributed by atoms with Crippen LogP contribution in [0.5, 0.6) is 0 Å².